The Hall–Kier alpha value is -2.20. The average molecular weight is 328 g/mol. The van der Waals surface area contributed by atoms with E-state index in [0.29, 0.717) is 18.7 Å². The third-order valence-electron chi connectivity index (χ3n) is 4.13. The maximum Gasteiger partial charge on any atom is 0.253 e. The van der Waals surface area contributed by atoms with Gasteiger partial charge >= 0.3 is 0 Å². The minimum absolute atomic E-state index is 0.0706. The monoisotopic (exact) mass is 328 g/mol. The predicted octanol–water partition coefficient (Wildman–Crippen LogP) is 3.91. The molecule has 0 saturated carbocycles. The van der Waals surface area contributed by atoms with Gasteiger partial charge in [-0.05, 0) is 55.7 Å². The van der Waals surface area contributed by atoms with Crippen LogP contribution in [0.1, 0.15) is 40.9 Å². The van der Waals surface area contributed by atoms with Crippen molar-refractivity contribution in [2.24, 2.45) is 0 Å². The highest BCUT2D eigenvalue weighted by atomic mass is 19.1. The molecule has 0 heterocycles. The molecular formula is C20H25FN2O. The number of carbonyl (C=O) groups excluding carboxylic acids is 1. The summed E-state index contributed by atoms with van der Waals surface area (Å²) in [4.78, 5) is 14.1. The summed E-state index contributed by atoms with van der Waals surface area (Å²) in [7, 11) is 0. The number of amides is 1. The Kier molecular flexibility index (Phi) is 6.50. The van der Waals surface area contributed by atoms with Gasteiger partial charge in [-0.2, -0.15) is 0 Å². The number of nitrogens with zero attached hydrogens (tertiary/aromatic N) is 1. The van der Waals surface area contributed by atoms with Gasteiger partial charge in [0.2, 0.25) is 0 Å². The van der Waals surface area contributed by atoms with Crippen LogP contribution < -0.4 is 5.32 Å². The Bertz CT molecular complexity index is 679. The molecule has 128 valence electrons. The van der Waals surface area contributed by atoms with Crippen molar-refractivity contribution in [2.75, 3.05) is 13.1 Å². The molecule has 0 aliphatic carbocycles. The molecule has 4 heteroatoms. The summed E-state index contributed by atoms with van der Waals surface area (Å²) in [6.07, 6.45) is 0. The summed E-state index contributed by atoms with van der Waals surface area (Å²) in [5.74, 6) is -0.103. The van der Waals surface area contributed by atoms with Crippen molar-refractivity contribution in [1.29, 1.82) is 0 Å². The summed E-state index contributed by atoms with van der Waals surface area (Å²) in [5.41, 5.74) is 3.55. The van der Waals surface area contributed by atoms with Gasteiger partial charge in [0, 0.05) is 31.7 Å². The standard InChI is InChI=1S/C20H25FN2O/c1-4-23(5-2)20(24)18-9-6-16(7-10-18)13-22-14-17-8-11-19(21)15(3)12-17/h6-12,22H,4-5,13-14H2,1-3H3. The molecule has 0 aliphatic heterocycles. The number of hydrogen-bond donors (Lipinski definition) is 1. The fraction of sp³-hybridized carbons (Fsp3) is 0.350. The lowest BCUT2D eigenvalue weighted by molar-refractivity contribution is 0.0773. The summed E-state index contributed by atoms with van der Waals surface area (Å²) < 4.78 is 13.2. The maximum absolute atomic E-state index is 13.2. The van der Waals surface area contributed by atoms with Crippen LogP contribution in [-0.2, 0) is 13.1 Å². The Morgan fingerprint density at radius 3 is 2.17 bits per heavy atom. The predicted molar refractivity (Wildman–Crippen MR) is 95.4 cm³/mol. The molecule has 0 atom stereocenters. The van der Waals surface area contributed by atoms with Crippen LogP contribution in [0, 0.1) is 12.7 Å². The van der Waals surface area contributed by atoms with Gasteiger partial charge in [-0.3, -0.25) is 4.79 Å². The highest BCUT2D eigenvalue weighted by Gasteiger charge is 2.11. The topological polar surface area (TPSA) is 32.3 Å². The molecule has 0 saturated heterocycles. The van der Waals surface area contributed by atoms with Crippen LogP contribution in [0.3, 0.4) is 0 Å². The first-order valence-electron chi connectivity index (χ1n) is 8.39. The van der Waals surface area contributed by atoms with Gasteiger partial charge in [0.25, 0.3) is 5.91 Å². The van der Waals surface area contributed by atoms with E-state index in [1.165, 1.54) is 6.07 Å². The number of carbonyl (C=O) groups is 1. The number of hydrogen-bond acceptors (Lipinski definition) is 2. The lowest BCUT2D eigenvalue weighted by Crippen LogP contribution is -2.30. The number of aryl methyl sites for hydroxylation is 1. The molecule has 0 fully saturated rings. The second kappa shape index (κ2) is 8.60. The molecule has 0 unspecified atom stereocenters. The second-order valence-electron chi connectivity index (χ2n) is 5.86. The highest BCUT2D eigenvalue weighted by Crippen LogP contribution is 2.10. The molecule has 0 aliphatic rings. The van der Waals surface area contributed by atoms with Crippen molar-refractivity contribution >= 4 is 5.91 Å². The zero-order valence-electron chi connectivity index (χ0n) is 14.6. The molecule has 2 rings (SSSR count). The van der Waals surface area contributed by atoms with Crippen molar-refractivity contribution < 1.29 is 9.18 Å². The average Bonchev–Trinajstić information content (AvgIpc) is 2.59. The SMILES string of the molecule is CCN(CC)C(=O)c1ccc(CNCc2ccc(F)c(C)c2)cc1. The molecule has 0 radical (unpaired) electrons. The van der Waals surface area contributed by atoms with E-state index in [1.54, 1.807) is 13.0 Å². The lowest BCUT2D eigenvalue weighted by atomic mass is 10.1. The van der Waals surface area contributed by atoms with Gasteiger partial charge in [-0.15, -0.1) is 0 Å². The van der Waals surface area contributed by atoms with Crippen molar-refractivity contribution in [1.82, 2.24) is 10.2 Å². The van der Waals surface area contributed by atoms with E-state index in [9.17, 15) is 9.18 Å². The normalized spacial score (nSPS) is 10.7. The number of benzene rings is 2. The second-order valence-corrected chi connectivity index (χ2v) is 5.86. The van der Waals surface area contributed by atoms with Gasteiger partial charge in [0.05, 0.1) is 0 Å². The van der Waals surface area contributed by atoms with Crippen LogP contribution in [0.5, 0.6) is 0 Å². The van der Waals surface area contributed by atoms with E-state index < -0.39 is 0 Å². The molecule has 0 spiro atoms. The molecule has 2 aromatic rings. The Labute approximate surface area is 143 Å². The minimum atomic E-state index is -0.174. The lowest BCUT2D eigenvalue weighted by Gasteiger charge is -2.18. The molecule has 2 aromatic carbocycles. The minimum Gasteiger partial charge on any atom is -0.339 e. The van der Waals surface area contributed by atoms with Gasteiger partial charge in [-0.25, -0.2) is 4.39 Å². The first kappa shape index (κ1) is 18.1. The Morgan fingerprint density at radius 1 is 1.00 bits per heavy atom. The van der Waals surface area contributed by atoms with Crippen molar-refractivity contribution in [3.05, 3.63) is 70.5 Å². The smallest absolute Gasteiger partial charge is 0.253 e. The number of halogens is 1. The van der Waals surface area contributed by atoms with Gasteiger partial charge in [-0.1, -0.05) is 24.3 Å². The molecule has 1 amide bonds. The van der Waals surface area contributed by atoms with Crippen molar-refractivity contribution in [2.45, 2.75) is 33.9 Å². The Morgan fingerprint density at radius 2 is 1.58 bits per heavy atom. The zero-order valence-corrected chi connectivity index (χ0v) is 14.6. The van der Waals surface area contributed by atoms with Gasteiger partial charge in [0.1, 0.15) is 5.82 Å². The first-order valence-corrected chi connectivity index (χ1v) is 8.39. The van der Waals surface area contributed by atoms with E-state index in [-0.39, 0.29) is 11.7 Å². The van der Waals surface area contributed by atoms with E-state index in [1.807, 2.05) is 49.1 Å². The van der Waals surface area contributed by atoms with E-state index in [0.717, 1.165) is 29.8 Å². The van der Waals surface area contributed by atoms with Crippen LogP contribution in [0.4, 0.5) is 4.39 Å². The molecular weight excluding hydrogens is 303 g/mol. The van der Waals surface area contributed by atoms with Crippen LogP contribution in [0.25, 0.3) is 0 Å². The van der Waals surface area contributed by atoms with Crippen LogP contribution in [0.2, 0.25) is 0 Å². The maximum atomic E-state index is 13.2. The summed E-state index contributed by atoms with van der Waals surface area (Å²) >= 11 is 0. The molecule has 24 heavy (non-hydrogen) atoms. The van der Waals surface area contributed by atoms with Gasteiger partial charge < -0.3 is 10.2 Å². The summed E-state index contributed by atoms with van der Waals surface area (Å²) in [6.45, 7) is 8.56. The largest absolute Gasteiger partial charge is 0.339 e. The summed E-state index contributed by atoms with van der Waals surface area (Å²) in [6, 6.07) is 12.8. The van der Waals surface area contributed by atoms with Crippen LogP contribution in [0.15, 0.2) is 42.5 Å². The van der Waals surface area contributed by atoms with Crippen LogP contribution in [-0.4, -0.2) is 23.9 Å². The van der Waals surface area contributed by atoms with Crippen molar-refractivity contribution in [3.8, 4) is 0 Å². The van der Waals surface area contributed by atoms with E-state index >= 15 is 0 Å². The molecule has 3 nitrogen and oxygen atoms in total. The third kappa shape index (κ3) is 4.65. The number of rotatable bonds is 7. The van der Waals surface area contributed by atoms with E-state index in [2.05, 4.69) is 5.32 Å². The quantitative estimate of drug-likeness (QED) is 0.836. The molecule has 1 N–H and O–H groups in total. The molecule has 0 aromatic heterocycles. The fourth-order valence-electron chi connectivity index (χ4n) is 2.63. The Balaban J connectivity index is 1.89. The number of nitrogens with one attached hydrogen (secondary N) is 1. The van der Waals surface area contributed by atoms with Crippen LogP contribution >= 0.6 is 0 Å². The first-order chi connectivity index (χ1) is 11.5. The van der Waals surface area contributed by atoms with Crippen molar-refractivity contribution in [3.63, 3.8) is 0 Å². The third-order valence-corrected chi connectivity index (χ3v) is 4.13. The van der Waals surface area contributed by atoms with E-state index in [4.69, 9.17) is 0 Å². The fourth-order valence-corrected chi connectivity index (χ4v) is 2.63. The highest BCUT2D eigenvalue weighted by molar-refractivity contribution is 5.94. The van der Waals surface area contributed by atoms with Gasteiger partial charge in [0.15, 0.2) is 0 Å². The summed E-state index contributed by atoms with van der Waals surface area (Å²) in [5, 5.41) is 3.34. The zero-order chi connectivity index (χ0) is 17.5. The molecule has 0 bridgehead atoms.